The molecule has 1 heterocycles. The predicted molar refractivity (Wildman–Crippen MR) is 76.2 cm³/mol. The molecule has 1 unspecified atom stereocenters. The number of fused-ring (bicyclic) bond motifs is 1. The summed E-state index contributed by atoms with van der Waals surface area (Å²) in [5.74, 6) is 1.40. The van der Waals surface area contributed by atoms with Crippen molar-refractivity contribution in [3.63, 3.8) is 0 Å². The fourth-order valence-electron chi connectivity index (χ4n) is 2.24. The van der Waals surface area contributed by atoms with E-state index in [2.05, 4.69) is 6.07 Å². The van der Waals surface area contributed by atoms with Gasteiger partial charge < -0.3 is 18.9 Å². The Morgan fingerprint density at radius 1 is 1.19 bits per heavy atom. The van der Waals surface area contributed by atoms with Gasteiger partial charge in [0.15, 0.2) is 11.5 Å². The molecule has 114 valence electrons. The number of ether oxygens (including phenoxy) is 4. The summed E-state index contributed by atoms with van der Waals surface area (Å²) < 4.78 is 20.9. The fraction of sp³-hybridized carbons (Fsp3) is 0.533. The largest absolute Gasteiger partial charge is 0.454 e. The average molecular weight is 292 g/mol. The van der Waals surface area contributed by atoms with Crippen LogP contribution in [0.4, 0.5) is 0 Å². The van der Waals surface area contributed by atoms with Crippen LogP contribution < -0.4 is 9.47 Å². The highest BCUT2D eigenvalue weighted by Crippen LogP contribution is 2.35. The lowest BCUT2D eigenvalue weighted by atomic mass is 10.1. The van der Waals surface area contributed by atoms with Crippen molar-refractivity contribution in [2.75, 3.05) is 47.3 Å². The minimum atomic E-state index is -0.371. The van der Waals surface area contributed by atoms with Crippen LogP contribution >= 0.6 is 0 Å². The van der Waals surface area contributed by atoms with Crippen LogP contribution in [0.2, 0.25) is 0 Å². The molecule has 0 N–H and O–H groups in total. The number of hydrogen-bond acceptors (Lipinski definition) is 6. The second kappa shape index (κ2) is 7.84. The van der Waals surface area contributed by atoms with Crippen LogP contribution in [0.5, 0.6) is 11.5 Å². The van der Waals surface area contributed by atoms with Crippen molar-refractivity contribution in [2.24, 2.45) is 0 Å². The molecular weight excluding hydrogens is 272 g/mol. The summed E-state index contributed by atoms with van der Waals surface area (Å²) in [6.07, 6.45) is 0. The van der Waals surface area contributed by atoms with Gasteiger partial charge in [0.1, 0.15) is 6.04 Å². The molecule has 0 aliphatic carbocycles. The summed E-state index contributed by atoms with van der Waals surface area (Å²) in [6, 6.07) is 7.58. The highest BCUT2D eigenvalue weighted by molar-refractivity contribution is 5.46. The lowest BCUT2D eigenvalue weighted by Gasteiger charge is -2.26. The van der Waals surface area contributed by atoms with E-state index in [1.807, 2.05) is 23.1 Å². The Balaban J connectivity index is 2.16. The van der Waals surface area contributed by atoms with Crippen molar-refractivity contribution in [3.8, 4) is 17.6 Å². The Labute approximate surface area is 124 Å². The maximum atomic E-state index is 9.55. The third kappa shape index (κ3) is 3.85. The fourth-order valence-corrected chi connectivity index (χ4v) is 2.24. The SMILES string of the molecule is COCCN(CCOC)C(C#N)c1ccc2c(c1)OCO2. The molecule has 1 aromatic rings. The van der Waals surface area contributed by atoms with E-state index in [9.17, 15) is 5.26 Å². The van der Waals surface area contributed by atoms with Crippen molar-refractivity contribution < 1.29 is 18.9 Å². The van der Waals surface area contributed by atoms with Gasteiger partial charge in [-0.1, -0.05) is 6.07 Å². The van der Waals surface area contributed by atoms with Crippen molar-refractivity contribution >= 4 is 0 Å². The Morgan fingerprint density at radius 2 is 1.86 bits per heavy atom. The van der Waals surface area contributed by atoms with E-state index >= 15 is 0 Å². The molecule has 1 aliphatic heterocycles. The molecule has 0 radical (unpaired) electrons. The number of rotatable bonds is 8. The molecule has 1 atom stereocenters. The van der Waals surface area contributed by atoms with E-state index in [0.717, 1.165) is 11.3 Å². The molecule has 0 spiro atoms. The lowest BCUT2D eigenvalue weighted by molar-refractivity contribution is 0.101. The Hall–Kier alpha value is -1.81. The van der Waals surface area contributed by atoms with Gasteiger partial charge in [0.25, 0.3) is 0 Å². The molecule has 6 heteroatoms. The van der Waals surface area contributed by atoms with Crippen LogP contribution in [0.25, 0.3) is 0 Å². The number of nitriles is 1. The van der Waals surface area contributed by atoms with Crippen LogP contribution in [0.15, 0.2) is 18.2 Å². The normalized spacial score (nSPS) is 14.2. The molecule has 0 fully saturated rings. The maximum absolute atomic E-state index is 9.55. The number of benzene rings is 1. The van der Waals surface area contributed by atoms with Gasteiger partial charge in [-0.2, -0.15) is 5.26 Å². The highest BCUT2D eigenvalue weighted by Gasteiger charge is 2.22. The van der Waals surface area contributed by atoms with E-state index in [1.54, 1.807) is 14.2 Å². The summed E-state index contributed by atoms with van der Waals surface area (Å²) in [5.41, 5.74) is 0.883. The Morgan fingerprint density at radius 3 is 2.48 bits per heavy atom. The zero-order valence-corrected chi connectivity index (χ0v) is 12.4. The second-order valence-electron chi connectivity index (χ2n) is 4.67. The van der Waals surface area contributed by atoms with Crippen molar-refractivity contribution in [1.29, 1.82) is 5.26 Å². The third-order valence-electron chi connectivity index (χ3n) is 3.37. The molecule has 6 nitrogen and oxygen atoms in total. The number of hydrogen-bond donors (Lipinski definition) is 0. The van der Waals surface area contributed by atoms with Crippen LogP contribution in [-0.4, -0.2) is 52.2 Å². The summed E-state index contributed by atoms with van der Waals surface area (Å²) in [4.78, 5) is 2.03. The van der Waals surface area contributed by atoms with Gasteiger partial charge in [0.05, 0.1) is 19.3 Å². The van der Waals surface area contributed by atoms with Crippen LogP contribution in [0, 0.1) is 11.3 Å². The molecule has 0 saturated heterocycles. The first-order valence-electron chi connectivity index (χ1n) is 6.81. The summed E-state index contributed by atoms with van der Waals surface area (Å²) in [7, 11) is 3.30. The monoisotopic (exact) mass is 292 g/mol. The molecule has 0 bridgehead atoms. The zero-order chi connectivity index (χ0) is 15.1. The minimum absolute atomic E-state index is 0.229. The lowest BCUT2D eigenvalue weighted by Crippen LogP contribution is -2.34. The Bertz CT molecular complexity index is 493. The van der Waals surface area contributed by atoms with Crippen LogP contribution in [0.3, 0.4) is 0 Å². The smallest absolute Gasteiger partial charge is 0.231 e. The Kier molecular flexibility index (Phi) is 5.81. The van der Waals surface area contributed by atoms with E-state index in [0.29, 0.717) is 32.1 Å². The highest BCUT2D eigenvalue weighted by atomic mass is 16.7. The van der Waals surface area contributed by atoms with Gasteiger partial charge in [0.2, 0.25) is 6.79 Å². The molecule has 0 amide bonds. The van der Waals surface area contributed by atoms with Gasteiger partial charge in [-0.15, -0.1) is 0 Å². The minimum Gasteiger partial charge on any atom is -0.454 e. The van der Waals surface area contributed by atoms with Crippen molar-refractivity contribution in [2.45, 2.75) is 6.04 Å². The summed E-state index contributed by atoms with van der Waals surface area (Å²) >= 11 is 0. The summed E-state index contributed by atoms with van der Waals surface area (Å²) in [6.45, 7) is 2.67. The zero-order valence-electron chi connectivity index (χ0n) is 12.4. The van der Waals surface area contributed by atoms with Crippen LogP contribution in [-0.2, 0) is 9.47 Å². The molecular formula is C15H20N2O4. The average Bonchev–Trinajstić information content (AvgIpc) is 2.97. The van der Waals surface area contributed by atoms with Gasteiger partial charge in [0, 0.05) is 27.3 Å². The molecule has 21 heavy (non-hydrogen) atoms. The van der Waals surface area contributed by atoms with E-state index < -0.39 is 0 Å². The van der Waals surface area contributed by atoms with Crippen molar-refractivity contribution in [3.05, 3.63) is 23.8 Å². The molecule has 0 saturated carbocycles. The van der Waals surface area contributed by atoms with Gasteiger partial charge in [-0.25, -0.2) is 0 Å². The summed E-state index contributed by atoms with van der Waals surface area (Å²) in [5, 5.41) is 9.55. The topological polar surface area (TPSA) is 64.0 Å². The van der Waals surface area contributed by atoms with E-state index in [1.165, 1.54) is 0 Å². The first-order valence-corrected chi connectivity index (χ1v) is 6.81. The van der Waals surface area contributed by atoms with Crippen molar-refractivity contribution in [1.82, 2.24) is 4.90 Å². The first-order chi connectivity index (χ1) is 10.3. The molecule has 2 rings (SSSR count). The van der Waals surface area contributed by atoms with Gasteiger partial charge >= 0.3 is 0 Å². The predicted octanol–water partition coefficient (Wildman–Crippen LogP) is 1.57. The molecule has 1 aromatic carbocycles. The third-order valence-corrected chi connectivity index (χ3v) is 3.37. The van der Waals surface area contributed by atoms with Crippen LogP contribution in [0.1, 0.15) is 11.6 Å². The van der Waals surface area contributed by atoms with E-state index in [-0.39, 0.29) is 12.8 Å². The molecule has 1 aliphatic rings. The number of nitrogens with zero attached hydrogens (tertiary/aromatic N) is 2. The van der Waals surface area contributed by atoms with E-state index in [4.69, 9.17) is 18.9 Å². The first kappa shape index (κ1) is 15.6. The standard InChI is InChI=1S/C15H20N2O4/c1-18-7-5-17(6-8-19-2)13(10-16)12-3-4-14-15(9-12)21-11-20-14/h3-4,9,13H,5-8,11H2,1-2H3. The second-order valence-corrected chi connectivity index (χ2v) is 4.67. The quantitative estimate of drug-likeness (QED) is 0.725. The maximum Gasteiger partial charge on any atom is 0.231 e. The van der Waals surface area contributed by atoms with Gasteiger partial charge in [-0.05, 0) is 17.7 Å². The number of methoxy groups -OCH3 is 2. The van der Waals surface area contributed by atoms with Gasteiger partial charge in [-0.3, -0.25) is 4.90 Å². The molecule has 0 aromatic heterocycles.